The number of pyridine rings is 1. The molecule has 0 aromatic carbocycles. The summed E-state index contributed by atoms with van der Waals surface area (Å²) in [5.74, 6) is 0. The molecule has 1 aliphatic heterocycles. The third-order valence-electron chi connectivity index (χ3n) is 3.94. The predicted molar refractivity (Wildman–Crippen MR) is 75.5 cm³/mol. The molecule has 0 unspecified atom stereocenters. The minimum absolute atomic E-state index is 0.654. The first-order valence-electron chi connectivity index (χ1n) is 7.04. The molecule has 1 fully saturated rings. The van der Waals surface area contributed by atoms with Crippen LogP contribution >= 0.6 is 0 Å². The molecule has 0 amide bonds. The van der Waals surface area contributed by atoms with Crippen LogP contribution in [0.4, 0.5) is 0 Å². The van der Waals surface area contributed by atoms with E-state index < -0.39 is 0 Å². The Labute approximate surface area is 111 Å². The van der Waals surface area contributed by atoms with Crippen LogP contribution in [0.1, 0.15) is 37.9 Å². The normalized spacial score (nSPS) is 18.4. The SMILES string of the molecule is Cc1cccnc1CNC1CCN(C(C)C)CC1. The van der Waals surface area contributed by atoms with Crippen LogP contribution in [-0.4, -0.2) is 35.1 Å². The Morgan fingerprint density at radius 2 is 2.11 bits per heavy atom. The van der Waals surface area contributed by atoms with Crippen LogP contribution < -0.4 is 5.32 Å². The number of rotatable bonds is 4. The lowest BCUT2D eigenvalue weighted by atomic mass is 10.0. The lowest BCUT2D eigenvalue weighted by Gasteiger charge is -2.35. The van der Waals surface area contributed by atoms with Crippen molar-refractivity contribution in [3.8, 4) is 0 Å². The molecule has 0 saturated carbocycles. The van der Waals surface area contributed by atoms with Crippen molar-refractivity contribution in [1.29, 1.82) is 0 Å². The average Bonchev–Trinajstić information content (AvgIpc) is 2.38. The number of hydrogen-bond donors (Lipinski definition) is 1. The maximum absolute atomic E-state index is 4.43. The van der Waals surface area contributed by atoms with Crippen LogP contribution in [0.2, 0.25) is 0 Å². The second-order valence-electron chi connectivity index (χ2n) is 5.55. The van der Waals surface area contributed by atoms with Crippen LogP contribution in [-0.2, 0) is 6.54 Å². The van der Waals surface area contributed by atoms with E-state index in [1.54, 1.807) is 0 Å². The fourth-order valence-electron chi connectivity index (χ4n) is 2.56. The van der Waals surface area contributed by atoms with Crippen LogP contribution in [0.3, 0.4) is 0 Å². The first-order chi connectivity index (χ1) is 8.66. The van der Waals surface area contributed by atoms with E-state index in [0.717, 1.165) is 6.54 Å². The summed E-state index contributed by atoms with van der Waals surface area (Å²) in [5, 5.41) is 3.65. The second-order valence-corrected chi connectivity index (χ2v) is 5.55. The quantitative estimate of drug-likeness (QED) is 0.885. The molecular weight excluding hydrogens is 222 g/mol. The van der Waals surface area contributed by atoms with Crippen molar-refractivity contribution in [2.75, 3.05) is 13.1 Å². The highest BCUT2D eigenvalue weighted by molar-refractivity contribution is 5.17. The zero-order valence-corrected chi connectivity index (χ0v) is 11.8. The summed E-state index contributed by atoms with van der Waals surface area (Å²) in [6.45, 7) is 10.0. The van der Waals surface area contributed by atoms with E-state index in [1.165, 1.54) is 37.2 Å². The van der Waals surface area contributed by atoms with E-state index in [2.05, 4.69) is 42.0 Å². The van der Waals surface area contributed by atoms with Gasteiger partial charge in [0.15, 0.2) is 0 Å². The minimum Gasteiger partial charge on any atom is -0.308 e. The largest absolute Gasteiger partial charge is 0.308 e. The Morgan fingerprint density at radius 3 is 2.72 bits per heavy atom. The molecule has 0 radical (unpaired) electrons. The van der Waals surface area contributed by atoms with Crippen molar-refractivity contribution in [2.45, 2.75) is 52.2 Å². The van der Waals surface area contributed by atoms with Crippen LogP contribution in [0, 0.1) is 6.92 Å². The first-order valence-corrected chi connectivity index (χ1v) is 7.04. The van der Waals surface area contributed by atoms with Crippen LogP contribution in [0.25, 0.3) is 0 Å². The van der Waals surface area contributed by atoms with Gasteiger partial charge in [-0.2, -0.15) is 0 Å². The predicted octanol–water partition coefficient (Wildman–Crippen LogP) is 2.35. The van der Waals surface area contributed by atoms with Gasteiger partial charge in [-0.3, -0.25) is 4.98 Å². The summed E-state index contributed by atoms with van der Waals surface area (Å²) in [6, 6.07) is 5.47. The van der Waals surface area contributed by atoms with Gasteiger partial charge in [0, 0.05) is 24.8 Å². The van der Waals surface area contributed by atoms with Gasteiger partial charge in [-0.05, 0) is 58.3 Å². The number of hydrogen-bond acceptors (Lipinski definition) is 3. The highest BCUT2D eigenvalue weighted by atomic mass is 15.2. The molecule has 0 atom stereocenters. The third-order valence-corrected chi connectivity index (χ3v) is 3.94. The molecule has 1 aliphatic rings. The molecule has 0 aliphatic carbocycles. The zero-order valence-electron chi connectivity index (χ0n) is 11.8. The molecular formula is C15H25N3. The number of nitrogens with one attached hydrogen (secondary N) is 1. The number of aromatic nitrogens is 1. The molecule has 3 nitrogen and oxygen atoms in total. The average molecular weight is 247 g/mol. The van der Waals surface area contributed by atoms with E-state index in [0.29, 0.717) is 12.1 Å². The molecule has 0 spiro atoms. The zero-order chi connectivity index (χ0) is 13.0. The van der Waals surface area contributed by atoms with Crippen molar-refractivity contribution in [3.63, 3.8) is 0 Å². The summed E-state index contributed by atoms with van der Waals surface area (Å²) >= 11 is 0. The Bertz CT molecular complexity index is 368. The summed E-state index contributed by atoms with van der Waals surface area (Å²) in [7, 11) is 0. The van der Waals surface area contributed by atoms with Gasteiger partial charge in [-0.25, -0.2) is 0 Å². The van der Waals surface area contributed by atoms with Crippen molar-refractivity contribution < 1.29 is 0 Å². The van der Waals surface area contributed by atoms with Crippen molar-refractivity contribution in [1.82, 2.24) is 15.2 Å². The number of aryl methyl sites for hydroxylation is 1. The van der Waals surface area contributed by atoms with Gasteiger partial charge in [0.1, 0.15) is 0 Å². The Balaban J connectivity index is 1.77. The lowest BCUT2D eigenvalue weighted by Crippen LogP contribution is -2.44. The second kappa shape index (κ2) is 6.30. The lowest BCUT2D eigenvalue weighted by molar-refractivity contribution is 0.160. The molecule has 1 saturated heterocycles. The van der Waals surface area contributed by atoms with E-state index in [-0.39, 0.29) is 0 Å². The van der Waals surface area contributed by atoms with Crippen molar-refractivity contribution >= 4 is 0 Å². The standard InChI is InChI=1S/C15H25N3/c1-12(2)18-9-6-14(7-10-18)17-11-15-13(3)5-4-8-16-15/h4-5,8,12,14,17H,6-7,9-11H2,1-3H3. The van der Waals surface area contributed by atoms with Crippen LogP contribution in [0.5, 0.6) is 0 Å². The maximum Gasteiger partial charge on any atom is 0.0570 e. The topological polar surface area (TPSA) is 28.2 Å². The molecule has 2 rings (SSSR count). The number of nitrogens with zero attached hydrogens (tertiary/aromatic N) is 2. The molecule has 1 aromatic rings. The minimum atomic E-state index is 0.654. The van der Waals surface area contributed by atoms with Gasteiger partial charge in [0.2, 0.25) is 0 Å². The fourth-order valence-corrected chi connectivity index (χ4v) is 2.56. The fraction of sp³-hybridized carbons (Fsp3) is 0.667. The van der Waals surface area contributed by atoms with Crippen molar-refractivity contribution in [2.24, 2.45) is 0 Å². The summed E-state index contributed by atoms with van der Waals surface area (Å²) in [6.07, 6.45) is 4.39. The van der Waals surface area contributed by atoms with Crippen molar-refractivity contribution in [3.05, 3.63) is 29.6 Å². The van der Waals surface area contributed by atoms with E-state index in [1.807, 2.05) is 12.3 Å². The molecule has 1 N–H and O–H groups in total. The highest BCUT2D eigenvalue weighted by Crippen LogP contribution is 2.13. The molecule has 0 bridgehead atoms. The van der Waals surface area contributed by atoms with Gasteiger partial charge in [-0.15, -0.1) is 0 Å². The van der Waals surface area contributed by atoms with E-state index in [9.17, 15) is 0 Å². The Kier molecular flexibility index (Phi) is 4.72. The molecule has 2 heterocycles. The number of likely N-dealkylation sites (tertiary alicyclic amines) is 1. The number of piperidine rings is 1. The highest BCUT2D eigenvalue weighted by Gasteiger charge is 2.20. The van der Waals surface area contributed by atoms with Crippen LogP contribution in [0.15, 0.2) is 18.3 Å². The van der Waals surface area contributed by atoms with Gasteiger partial charge in [-0.1, -0.05) is 6.07 Å². The molecule has 1 aromatic heterocycles. The molecule has 18 heavy (non-hydrogen) atoms. The first kappa shape index (κ1) is 13.5. The van der Waals surface area contributed by atoms with E-state index in [4.69, 9.17) is 0 Å². The monoisotopic (exact) mass is 247 g/mol. The Morgan fingerprint density at radius 1 is 1.39 bits per heavy atom. The smallest absolute Gasteiger partial charge is 0.0570 e. The maximum atomic E-state index is 4.43. The summed E-state index contributed by atoms with van der Waals surface area (Å²) in [4.78, 5) is 6.99. The molecule has 3 heteroatoms. The van der Waals surface area contributed by atoms with Gasteiger partial charge in [0.05, 0.1) is 5.69 Å². The summed E-state index contributed by atoms with van der Waals surface area (Å²) < 4.78 is 0. The van der Waals surface area contributed by atoms with E-state index >= 15 is 0 Å². The van der Waals surface area contributed by atoms with Gasteiger partial charge < -0.3 is 10.2 Å². The van der Waals surface area contributed by atoms with Gasteiger partial charge in [0.25, 0.3) is 0 Å². The third kappa shape index (κ3) is 3.53. The molecule has 100 valence electrons. The summed E-state index contributed by atoms with van der Waals surface area (Å²) in [5.41, 5.74) is 2.47. The van der Waals surface area contributed by atoms with Gasteiger partial charge >= 0.3 is 0 Å². The Hall–Kier alpha value is -0.930.